The Morgan fingerprint density at radius 1 is 0.576 bits per heavy atom. The van der Waals surface area contributed by atoms with Crippen molar-refractivity contribution in [3.05, 3.63) is 138 Å². The molecule has 0 saturated heterocycles. The maximum absolute atomic E-state index is 10.7. The number of aliphatic carboxylic acids is 1. The van der Waals surface area contributed by atoms with Crippen molar-refractivity contribution in [2.75, 3.05) is 6.61 Å². The largest absolute Gasteiger partial charge is 0.494 e. The van der Waals surface area contributed by atoms with Crippen molar-refractivity contribution in [3.8, 4) is 5.75 Å². The lowest BCUT2D eigenvalue weighted by molar-refractivity contribution is -0.137. The van der Waals surface area contributed by atoms with Crippen molar-refractivity contribution in [3.63, 3.8) is 0 Å². The van der Waals surface area contributed by atoms with Gasteiger partial charge in [0.25, 0.3) is 0 Å². The summed E-state index contributed by atoms with van der Waals surface area (Å²) >= 11 is 0. The molecule has 0 atom stereocenters. The van der Waals surface area contributed by atoms with Gasteiger partial charge in [0.05, 0.1) is 6.61 Å². The highest BCUT2D eigenvalue weighted by Gasteiger charge is 2.16. The Hall–Kier alpha value is -4.11. The monoisotopic (exact) mass is 434 g/mol. The summed E-state index contributed by atoms with van der Waals surface area (Å²) in [4.78, 5) is 10.7. The van der Waals surface area contributed by atoms with Gasteiger partial charge in [-0.2, -0.15) is 0 Å². The quantitative estimate of drug-likeness (QED) is 0.229. The minimum absolute atomic E-state index is 0.108. The highest BCUT2D eigenvalue weighted by molar-refractivity contribution is 6.04. The average molecular weight is 435 g/mol. The van der Waals surface area contributed by atoms with Crippen molar-refractivity contribution in [2.24, 2.45) is 0 Å². The summed E-state index contributed by atoms with van der Waals surface area (Å²) in [5.74, 6) is -0.0709. The van der Waals surface area contributed by atoms with Gasteiger partial charge >= 0.3 is 5.97 Å². The van der Waals surface area contributed by atoms with Crippen LogP contribution in [0.3, 0.4) is 0 Å². The van der Waals surface area contributed by atoms with Gasteiger partial charge in [-0.3, -0.25) is 4.79 Å². The van der Waals surface area contributed by atoms with Crippen LogP contribution in [0.2, 0.25) is 0 Å². The topological polar surface area (TPSA) is 46.5 Å². The van der Waals surface area contributed by atoms with Crippen LogP contribution in [0.4, 0.5) is 0 Å². The molecule has 1 N–H and O–H groups in total. The molecular formula is C30H26O3. The highest BCUT2D eigenvalue weighted by Crippen LogP contribution is 2.37. The molecule has 0 aliphatic carbocycles. The van der Waals surface area contributed by atoms with E-state index < -0.39 is 5.97 Å². The van der Waals surface area contributed by atoms with E-state index in [2.05, 4.69) is 84.9 Å². The Balaban J connectivity index is 1.79. The number of benzene rings is 4. The van der Waals surface area contributed by atoms with Crippen molar-refractivity contribution >= 4 is 17.1 Å². The molecule has 33 heavy (non-hydrogen) atoms. The third-order valence-electron chi connectivity index (χ3n) is 5.38. The Kier molecular flexibility index (Phi) is 7.34. The highest BCUT2D eigenvalue weighted by atomic mass is 16.5. The Bertz CT molecular complexity index is 1150. The van der Waals surface area contributed by atoms with Gasteiger partial charge in [0.15, 0.2) is 0 Å². The van der Waals surface area contributed by atoms with Gasteiger partial charge in [0.1, 0.15) is 5.75 Å². The standard InChI is InChI=1S/C30H26O3/c31-28(32)17-10-22-33-27-20-18-26(19-21-27)30(25-15-8-3-9-16-25)29(23-11-4-1-5-12-23)24-13-6-2-7-14-24/h1-9,11-16,18-21H,10,17,22H2,(H,31,32). The second-order valence-electron chi connectivity index (χ2n) is 7.72. The molecule has 0 heterocycles. The minimum atomic E-state index is -0.805. The number of carboxylic acid groups (broad SMARTS) is 1. The summed E-state index contributed by atoms with van der Waals surface area (Å²) in [6.45, 7) is 0.381. The lowest BCUT2D eigenvalue weighted by atomic mass is 9.86. The van der Waals surface area contributed by atoms with E-state index in [0.29, 0.717) is 13.0 Å². The zero-order valence-electron chi connectivity index (χ0n) is 18.4. The third kappa shape index (κ3) is 5.78. The summed E-state index contributed by atoms with van der Waals surface area (Å²) in [6.07, 6.45) is 0.592. The summed E-state index contributed by atoms with van der Waals surface area (Å²) in [5, 5.41) is 8.80. The number of ether oxygens (including phenoxy) is 1. The molecule has 0 spiro atoms. The van der Waals surface area contributed by atoms with Crippen molar-refractivity contribution in [1.29, 1.82) is 0 Å². The van der Waals surface area contributed by atoms with Crippen molar-refractivity contribution in [1.82, 2.24) is 0 Å². The van der Waals surface area contributed by atoms with E-state index >= 15 is 0 Å². The zero-order chi connectivity index (χ0) is 22.9. The number of carbonyl (C=O) groups is 1. The number of rotatable bonds is 9. The summed E-state index contributed by atoms with van der Waals surface area (Å²) in [6, 6.07) is 39.4. The molecule has 164 valence electrons. The molecule has 0 saturated carbocycles. The molecular weight excluding hydrogens is 408 g/mol. The third-order valence-corrected chi connectivity index (χ3v) is 5.38. The van der Waals surface area contributed by atoms with Crippen molar-refractivity contribution < 1.29 is 14.6 Å². The summed E-state index contributed by atoms with van der Waals surface area (Å²) in [5.41, 5.74) is 6.83. The summed E-state index contributed by atoms with van der Waals surface area (Å²) < 4.78 is 5.75. The predicted octanol–water partition coefficient (Wildman–Crippen LogP) is 6.94. The minimum Gasteiger partial charge on any atom is -0.494 e. The first-order valence-electron chi connectivity index (χ1n) is 11.1. The second kappa shape index (κ2) is 11.0. The van der Waals surface area contributed by atoms with Gasteiger partial charge in [-0.05, 0) is 52.0 Å². The number of carboxylic acids is 1. The molecule has 0 radical (unpaired) electrons. The first-order chi connectivity index (χ1) is 16.2. The van der Waals surface area contributed by atoms with Gasteiger partial charge < -0.3 is 9.84 Å². The van der Waals surface area contributed by atoms with E-state index in [4.69, 9.17) is 9.84 Å². The van der Waals surface area contributed by atoms with Crippen LogP contribution in [0.1, 0.15) is 35.1 Å². The molecule has 4 aromatic carbocycles. The van der Waals surface area contributed by atoms with Crippen LogP contribution in [0.5, 0.6) is 5.75 Å². The lowest BCUT2D eigenvalue weighted by Gasteiger charge is -2.18. The molecule has 0 bridgehead atoms. The molecule has 3 nitrogen and oxygen atoms in total. The summed E-state index contributed by atoms with van der Waals surface area (Å²) in [7, 11) is 0. The fourth-order valence-corrected chi connectivity index (χ4v) is 3.86. The molecule has 3 heteroatoms. The van der Waals surface area contributed by atoms with E-state index in [1.165, 1.54) is 0 Å². The van der Waals surface area contributed by atoms with Crippen LogP contribution in [0, 0.1) is 0 Å². The predicted molar refractivity (Wildman–Crippen MR) is 133 cm³/mol. The van der Waals surface area contributed by atoms with E-state index in [0.717, 1.165) is 39.1 Å². The van der Waals surface area contributed by atoms with Crippen LogP contribution in [0.25, 0.3) is 11.1 Å². The van der Waals surface area contributed by atoms with E-state index in [9.17, 15) is 4.79 Å². The molecule has 0 aromatic heterocycles. The normalized spacial score (nSPS) is 10.4. The molecule has 0 amide bonds. The van der Waals surface area contributed by atoms with Gasteiger partial charge in [-0.15, -0.1) is 0 Å². The molecule has 0 aliphatic rings. The zero-order valence-corrected chi connectivity index (χ0v) is 18.4. The maximum Gasteiger partial charge on any atom is 0.303 e. The molecule has 0 aliphatic heterocycles. The van der Waals surface area contributed by atoms with Crippen LogP contribution in [-0.4, -0.2) is 17.7 Å². The average Bonchev–Trinajstić information content (AvgIpc) is 2.87. The van der Waals surface area contributed by atoms with E-state index in [-0.39, 0.29) is 6.42 Å². The first-order valence-corrected chi connectivity index (χ1v) is 11.1. The Morgan fingerprint density at radius 2 is 0.970 bits per heavy atom. The Labute approximate surface area is 194 Å². The fourth-order valence-electron chi connectivity index (χ4n) is 3.86. The number of hydrogen-bond acceptors (Lipinski definition) is 2. The van der Waals surface area contributed by atoms with Crippen LogP contribution >= 0.6 is 0 Å². The van der Waals surface area contributed by atoms with Gasteiger partial charge in [-0.1, -0.05) is 103 Å². The molecule has 0 fully saturated rings. The van der Waals surface area contributed by atoms with Gasteiger partial charge in [-0.25, -0.2) is 0 Å². The fraction of sp³-hybridized carbons (Fsp3) is 0.100. The smallest absolute Gasteiger partial charge is 0.303 e. The molecule has 0 unspecified atom stereocenters. The maximum atomic E-state index is 10.7. The van der Waals surface area contributed by atoms with Crippen molar-refractivity contribution in [2.45, 2.75) is 12.8 Å². The molecule has 4 aromatic rings. The lowest BCUT2D eigenvalue weighted by Crippen LogP contribution is -2.02. The van der Waals surface area contributed by atoms with E-state index in [1.54, 1.807) is 0 Å². The van der Waals surface area contributed by atoms with Gasteiger partial charge in [0.2, 0.25) is 0 Å². The van der Waals surface area contributed by atoms with Crippen LogP contribution in [-0.2, 0) is 4.79 Å². The van der Waals surface area contributed by atoms with Crippen LogP contribution in [0.15, 0.2) is 115 Å². The van der Waals surface area contributed by atoms with E-state index in [1.807, 2.05) is 30.3 Å². The Morgan fingerprint density at radius 3 is 1.36 bits per heavy atom. The molecule has 4 rings (SSSR count). The number of hydrogen-bond donors (Lipinski definition) is 1. The second-order valence-corrected chi connectivity index (χ2v) is 7.72. The van der Waals surface area contributed by atoms with Gasteiger partial charge in [0, 0.05) is 6.42 Å². The first kappa shape index (κ1) is 22.1. The van der Waals surface area contributed by atoms with Crippen LogP contribution < -0.4 is 4.74 Å². The SMILES string of the molecule is O=C(O)CCCOc1ccc(C(=C(c2ccccc2)c2ccccc2)c2ccccc2)cc1.